The van der Waals surface area contributed by atoms with E-state index in [1.807, 2.05) is 25.1 Å². The van der Waals surface area contributed by atoms with Gasteiger partial charge >= 0.3 is 0 Å². The molecule has 0 N–H and O–H groups in total. The van der Waals surface area contributed by atoms with Gasteiger partial charge in [0.15, 0.2) is 0 Å². The topological polar surface area (TPSA) is 43.4 Å². The van der Waals surface area contributed by atoms with Crippen LogP contribution < -0.4 is 0 Å². The van der Waals surface area contributed by atoms with Crippen molar-refractivity contribution in [3.05, 3.63) is 65.7 Å². The van der Waals surface area contributed by atoms with Crippen LogP contribution in [0.3, 0.4) is 0 Å². The van der Waals surface area contributed by atoms with Gasteiger partial charge in [0.25, 0.3) is 10.1 Å². The number of hydrogen-bond donors (Lipinski definition) is 0. The maximum absolute atomic E-state index is 12.0. The minimum absolute atomic E-state index is 0.216. The van der Waals surface area contributed by atoms with Gasteiger partial charge in [0.1, 0.15) is 0 Å². The first-order valence-corrected chi connectivity index (χ1v) is 8.91. The molecular weight excluding hydrogens is 296 g/mol. The van der Waals surface area contributed by atoms with Crippen molar-refractivity contribution in [2.75, 3.05) is 6.61 Å². The van der Waals surface area contributed by atoms with Crippen LogP contribution in [0.15, 0.2) is 59.5 Å². The van der Waals surface area contributed by atoms with Gasteiger partial charge in [-0.3, -0.25) is 4.18 Å². The second-order valence-corrected chi connectivity index (χ2v) is 7.16. The van der Waals surface area contributed by atoms with E-state index >= 15 is 0 Å². The van der Waals surface area contributed by atoms with Crippen molar-refractivity contribution in [1.29, 1.82) is 0 Å². The van der Waals surface area contributed by atoms with E-state index in [4.69, 9.17) is 4.18 Å². The fraction of sp³-hybridized carbons (Fsp3) is 0.333. The highest BCUT2D eigenvalue weighted by Crippen LogP contribution is 2.21. The van der Waals surface area contributed by atoms with Crippen molar-refractivity contribution in [3.63, 3.8) is 0 Å². The first-order valence-electron chi connectivity index (χ1n) is 7.50. The standard InChI is InChI=1S/C18H22O3S/c1-15-10-12-18(13-11-15)22(19,20)21-14-6-7-16(2)17-8-4-3-5-9-17/h3-5,8-13,16H,6-7,14H2,1-2H3. The second kappa shape index (κ2) is 7.56. The smallest absolute Gasteiger partial charge is 0.266 e. The molecule has 0 fully saturated rings. The highest BCUT2D eigenvalue weighted by molar-refractivity contribution is 7.86. The number of rotatable bonds is 7. The Morgan fingerprint density at radius 1 is 1.00 bits per heavy atom. The molecular formula is C18H22O3S. The average molecular weight is 318 g/mol. The molecule has 0 bridgehead atoms. The minimum atomic E-state index is -3.64. The zero-order valence-corrected chi connectivity index (χ0v) is 13.8. The summed E-state index contributed by atoms with van der Waals surface area (Å²) in [6.45, 7) is 4.28. The lowest BCUT2D eigenvalue weighted by atomic mass is 9.97. The summed E-state index contributed by atoms with van der Waals surface area (Å²) in [4.78, 5) is 0.217. The van der Waals surface area contributed by atoms with Gasteiger partial charge in [0.2, 0.25) is 0 Å². The Morgan fingerprint density at radius 3 is 2.27 bits per heavy atom. The van der Waals surface area contributed by atoms with Gasteiger partial charge in [0, 0.05) is 0 Å². The Morgan fingerprint density at radius 2 is 1.64 bits per heavy atom. The number of benzene rings is 2. The summed E-state index contributed by atoms with van der Waals surface area (Å²) in [5.74, 6) is 0.395. The first kappa shape index (κ1) is 16.7. The third-order valence-electron chi connectivity index (χ3n) is 3.70. The van der Waals surface area contributed by atoms with Crippen molar-refractivity contribution < 1.29 is 12.6 Å². The lowest BCUT2D eigenvalue weighted by molar-refractivity contribution is 0.304. The molecule has 22 heavy (non-hydrogen) atoms. The first-order chi connectivity index (χ1) is 10.5. The number of aryl methyl sites for hydroxylation is 1. The molecule has 2 aromatic rings. The highest BCUT2D eigenvalue weighted by atomic mass is 32.2. The van der Waals surface area contributed by atoms with Crippen LogP contribution in [0, 0.1) is 6.92 Å². The maximum Gasteiger partial charge on any atom is 0.296 e. The second-order valence-electron chi connectivity index (χ2n) is 5.54. The van der Waals surface area contributed by atoms with Gasteiger partial charge < -0.3 is 0 Å². The van der Waals surface area contributed by atoms with E-state index in [9.17, 15) is 8.42 Å². The van der Waals surface area contributed by atoms with E-state index in [0.717, 1.165) is 12.0 Å². The van der Waals surface area contributed by atoms with Crippen LogP contribution >= 0.6 is 0 Å². The van der Waals surface area contributed by atoms with Gasteiger partial charge in [-0.15, -0.1) is 0 Å². The molecule has 0 saturated heterocycles. The van der Waals surface area contributed by atoms with Gasteiger partial charge in [0.05, 0.1) is 11.5 Å². The van der Waals surface area contributed by atoms with E-state index in [1.165, 1.54) is 5.56 Å². The molecule has 3 nitrogen and oxygen atoms in total. The summed E-state index contributed by atoms with van der Waals surface area (Å²) in [7, 11) is -3.64. The van der Waals surface area contributed by atoms with E-state index in [0.29, 0.717) is 12.3 Å². The summed E-state index contributed by atoms with van der Waals surface area (Å²) in [5.41, 5.74) is 2.29. The molecule has 0 spiro atoms. The lowest BCUT2D eigenvalue weighted by Gasteiger charge is -2.11. The van der Waals surface area contributed by atoms with Crippen LogP contribution in [-0.4, -0.2) is 15.0 Å². The van der Waals surface area contributed by atoms with Gasteiger partial charge in [-0.1, -0.05) is 55.0 Å². The fourth-order valence-electron chi connectivity index (χ4n) is 2.28. The molecule has 118 valence electrons. The zero-order valence-electron chi connectivity index (χ0n) is 13.0. The molecule has 0 saturated carbocycles. The molecule has 0 heterocycles. The zero-order chi connectivity index (χ0) is 16.0. The van der Waals surface area contributed by atoms with Crippen LogP contribution in [0.1, 0.15) is 36.8 Å². The monoisotopic (exact) mass is 318 g/mol. The van der Waals surface area contributed by atoms with E-state index in [1.54, 1.807) is 24.3 Å². The van der Waals surface area contributed by atoms with Crippen molar-refractivity contribution in [2.45, 2.75) is 37.5 Å². The maximum atomic E-state index is 12.0. The number of hydrogen-bond acceptors (Lipinski definition) is 3. The lowest BCUT2D eigenvalue weighted by Crippen LogP contribution is -2.08. The quantitative estimate of drug-likeness (QED) is 0.565. The summed E-state index contributed by atoms with van der Waals surface area (Å²) in [6, 6.07) is 16.9. The van der Waals surface area contributed by atoms with Crippen molar-refractivity contribution >= 4 is 10.1 Å². The third kappa shape index (κ3) is 4.68. The Hall–Kier alpha value is -1.65. The van der Waals surface area contributed by atoms with E-state index in [-0.39, 0.29) is 11.5 Å². The molecule has 2 rings (SSSR count). The van der Waals surface area contributed by atoms with Gasteiger partial charge in [-0.25, -0.2) is 0 Å². The van der Waals surface area contributed by atoms with Crippen LogP contribution in [0.25, 0.3) is 0 Å². The van der Waals surface area contributed by atoms with Crippen LogP contribution in [0.5, 0.6) is 0 Å². The predicted octanol–water partition coefficient (Wildman–Crippen LogP) is 4.28. The normalized spacial score (nSPS) is 13.0. The molecule has 1 atom stereocenters. The molecule has 4 heteroatoms. The Bertz CT molecular complexity index is 676. The predicted molar refractivity (Wildman–Crippen MR) is 88.4 cm³/mol. The molecule has 0 radical (unpaired) electrons. The van der Waals surface area contributed by atoms with Gasteiger partial charge in [-0.2, -0.15) is 8.42 Å². The van der Waals surface area contributed by atoms with Crippen LogP contribution in [-0.2, 0) is 14.3 Å². The molecule has 0 aliphatic rings. The molecule has 0 aliphatic heterocycles. The summed E-state index contributed by atoms with van der Waals surface area (Å²) < 4.78 is 29.2. The largest absolute Gasteiger partial charge is 0.296 e. The minimum Gasteiger partial charge on any atom is -0.266 e. The van der Waals surface area contributed by atoms with Crippen molar-refractivity contribution in [2.24, 2.45) is 0 Å². The molecule has 0 amide bonds. The average Bonchev–Trinajstić information content (AvgIpc) is 2.52. The Balaban J connectivity index is 1.82. The summed E-state index contributed by atoms with van der Waals surface area (Å²) >= 11 is 0. The van der Waals surface area contributed by atoms with Crippen molar-refractivity contribution in [3.8, 4) is 0 Å². The molecule has 0 aliphatic carbocycles. The van der Waals surface area contributed by atoms with Crippen molar-refractivity contribution in [1.82, 2.24) is 0 Å². The van der Waals surface area contributed by atoms with Crippen LogP contribution in [0.2, 0.25) is 0 Å². The van der Waals surface area contributed by atoms with E-state index in [2.05, 4.69) is 19.1 Å². The fourth-order valence-corrected chi connectivity index (χ4v) is 3.22. The van der Waals surface area contributed by atoms with Gasteiger partial charge in [-0.05, 0) is 43.4 Å². The Labute approximate surface area is 133 Å². The van der Waals surface area contributed by atoms with E-state index < -0.39 is 10.1 Å². The SMILES string of the molecule is Cc1ccc(S(=O)(=O)OCCCC(C)c2ccccc2)cc1. The summed E-state index contributed by atoms with van der Waals surface area (Å²) in [5, 5.41) is 0. The Kier molecular flexibility index (Phi) is 5.75. The third-order valence-corrected chi connectivity index (χ3v) is 5.02. The molecule has 2 aromatic carbocycles. The summed E-state index contributed by atoms with van der Waals surface area (Å²) in [6.07, 6.45) is 1.61. The van der Waals surface area contributed by atoms with Crippen LogP contribution in [0.4, 0.5) is 0 Å². The molecule has 1 unspecified atom stereocenters. The highest BCUT2D eigenvalue weighted by Gasteiger charge is 2.14. The molecule has 0 aromatic heterocycles.